The Labute approximate surface area is 111 Å². The molecule has 0 aliphatic carbocycles. The number of thiazole rings is 1. The van der Waals surface area contributed by atoms with Crippen LogP contribution in [0.1, 0.15) is 17.8 Å². The molecule has 1 aliphatic rings. The summed E-state index contributed by atoms with van der Waals surface area (Å²) < 4.78 is 1.95. The average Bonchev–Trinajstić information content (AvgIpc) is 2.90. The van der Waals surface area contributed by atoms with E-state index in [4.69, 9.17) is 5.11 Å². The monoisotopic (exact) mass is 276 g/mol. The van der Waals surface area contributed by atoms with E-state index in [1.807, 2.05) is 21.0 Å². The van der Waals surface area contributed by atoms with E-state index in [1.165, 1.54) is 0 Å². The third-order valence-corrected chi connectivity index (χ3v) is 3.82. The second-order valence-corrected chi connectivity index (χ2v) is 4.97. The largest absolute Gasteiger partial charge is 1.00 e. The van der Waals surface area contributed by atoms with Crippen LogP contribution in [0.4, 0.5) is 0 Å². The molecule has 1 N–H and O–H groups in total. The molecule has 0 unspecified atom stereocenters. The van der Waals surface area contributed by atoms with E-state index < -0.39 is 0 Å². The zero-order valence-electron chi connectivity index (χ0n) is 9.64. The lowest BCUT2D eigenvalue weighted by Crippen LogP contribution is -3.00. The van der Waals surface area contributed by atoms with Gasteiger partial charge in [0, 0.05) is 13.1 Å². The van der Waals surface area contributed by atoms with E-state index in [2.05, 4.69) is 0 Å². The summed E-state index contributed by atoms with van der Waals surface area (Å²) in [6, 6.07) is 0. The molecule has 0 atom stereocenters. The van der Waals surface area contributed by atoms with E-state index in [9.17, 15) is 4.79 Å². The number of rotatable bonds is 4. The lowest BCUT2D eigenvalue weighted by molar-refractivity contribution is -0.687. The van der Waals surface area contributed by atoms with Crippen molar-refractivity contribution in [2.45, 2.75) is 25.8 Å². The lowest BCUT2D eigenvalue weighted by Gasteiger charge is -2.12. The Morgan fingerprint density at radius 1 is 1.47 bits per heavy atom. The maximum atomic E-state index is 11.9. The van der Waals surface area contributed by atoms with Crippen LogP contribution in [-0.4, -0.2) is 35.6 Å². The molecule has 1 fully saturated rings. The summed E-state index contributed by atoms with van der Waals surface area (Å²) >= 11 is 1.59. The van der Waals surface area contributed by atoms with Crippen LogP contribution in [0.25, 0.3) is 0 Å². The molecule has 0 spiro atoms. The van der Waals surface area contributed by atoms with Gasteiger partial charge in [-0.25, -0.2) is 0 Å². The number of aliphatic hydroxyl groups is 1. The Kier molecular flexibility index (Phi) is 5.88. The number of amides is 1. The quantitative estimate of drug-likeness (QED) is 0.604. The molecule has 17 heavy (non-hydrogen) atoms. The predicted octanol–water partition coefficient (Wildman–Crippen LogP) is -2.80. The molecule has 0 radical (unpaired) electrons. The van der Waals surface area contributed by atoms with Crippen LogP contribution in [0.5, 0.6) is 0 Å². The summed E-state index contributed by atoms with van der Waals surface area (Å²) in [6.45, 7) is 2.36. The standard InChI is InChI=1S/C11H17N2O2S.ClH/c14-7-3-11-13(6-8-16-11)9-10(15)12-4-1-2-5-12;/h6,8,14H,1-5,7,9H2;1H/q+1;/p-1. The van der Waals surface area contributed by atoms with Gasteiger partial charge in [0.25, 0.3) is 5.91 Å². The second kappa shape index (κ2) is 6.93. The van der Waals surface area contributed by atoms with E-state index in [0.29, 0.717) is 13.0 Å². The van der Waals surface area contributed by atoms with Crippen LogP contribution in [0.2, 0.25) is 0 Å². The molecule has 1 aromatic heterocycles. The summed E-state index contributed by atoms with van der Waals surface area (Å²) in [5, 5.41) is 11.9. The molecule has 0 saturated carbocycles. The number of halogens is 1. The van der Waals surface area contributed by atoms with E-state index in [-0.39, 0.29) is 24.9 Å². The first-order valence-corrected chi connectivity index (χ1v) is 6.53. The maximum absolute atomic E-state index is 11.9. The number of carbonyl (C=O) groups excluding carboxylic acids is 1. The van der Waals surface area contributed by atoms with Gasteiger partial charge in [-0.15, -0.1) is 0 Å². The van der Waals surface area contributed by atoms with E-state index in [1.54, 1.807) is 11.3 Å². The molecule has 2 rings (SSSR count). The summed E-state index contributed by atoms with van der Waals surface area (Å²) in [6.07, 6.45) is 4.81. The molecule has 0 bridgehead atoms. The van der Waals surface area contributed by atoms with Crippen LogP contribution in [-0.2, 0) is 17.8 Å². The molecule has 2 heterocycles. The molecule has 1 aliphatic heterocycles. The van der Waals surface area contributed by atoms with E-state index in [0.717, 1.165) is 30.9 Å². The lowest BCUT2D eigenvalue weighted by atomic mass is 10.4. The number of likely N-dealkylation sites (tertiary alicyclic amines) is 1. The van der Waals surface area contributed by atoms with Crippen LogP contribution in [0, 0.1) is 0 Å². The Morgan fingerprint density at radius 2 is 2.18 bits per heavy atom. The number of aromatic nitrogens is 1. The molecule has 6 heteroatoms. The first-order valence-electron chi connectivity index (χ1n) is 5.65. The van der Waals surface area contributed by atoms with Gasteiger partial charge in [-0.1, -0.05) is 11.3 Å². The fourth-order valence-electron chi connectivity index (χ4n) is 1.98. The Morgan fingerprint density at radius 3 is 2.82 bits per heavy atom. The van der Waals surface area contributed by atoms with Crippen molar-refractivity contribution in [1.82, 2.24) is 4.90 Å². The molecule has 1 saturated heterocycles. The van der Waals surface area contributed by atoms with Crippen molar-refractivity contribution >= 4 is 17.2 Å². The number of aliphatic hydroxyl groups excluding tert-OH is 1. The summed E-state index contributed by atoms with van der Waals surface area (Å²) in [7, 11) is 0. The molecule has 96 valence electrons. The molecule has 1 amide bonds. The van der Waals surface area contributed by atoms with Gasteiger partial charge in [-0.3, -0.25) is 4.79 Å². The van der Waals surface area contributed by atoms with Crippen molar-refractivity contribution in [2.75, 3.05) is 19.7 Å². The highest BCUT2D eigenvalue weighted by Gasteiger charge is 2.23. The smallest absolute Gasteiger partial charge is 0.288 e. The third-order valence-electron chi connectivity index (χ3n) is 2.86. The van der Waals surface area contributed by atoms with Crippen molar-refractivity contribution in [2.24, 2.45) is 0 Å². The maximum Gasteiger partial charge on any atom is 0.288 e. The van der Waals surface area contributed by atoms with E-state index >= 15 is 0 Å². The van der Waals surface area contributed by atoms with Crippen LogP contribution in [0.15, 0.2) is 11.6 Å². The Hall–Kier alpha value is -0.650. The highest BCUT2D eigenvalue weighted by Crippen LogP contribution is 2.08. The van der Waals surface area contributed by atoms with Gasteiger partial charge in [0.2, 0.25) is 11.6 Å². The van der Waals surface area contributed by atoms with Gasteiger partial charge >= 0.3 is 0 Å². The Balaban J connectivity index is 0.00000144. The van der Waals surface area contributed by atoms with Gasteiger partial charge in [-0.05, 0) is 12.8 Å². The summed E-state index contributed by atoms with van der Waals surface area (Å²) in [4.78, 5) is 13.8. The second-order valence-electron chi connectivity index (χ2n) is 3.99. The van der Waals surface area contributed by atoms with Crippen molar-refractivity contribution in [1.29, 1.82) is 0 Å². The van der Waals surface area contributed by atoms with Gasteiger partial charge in [-0.2, -0.15) is 4.57 Å². The predicted molar refractivity (Wildman–Crippen MR) is 61.1 cm³/mol. The number of hydrogen-bond donors (Lipinski definition) is 1. The van der Waals surface area contributed by atoms with Gasteiger partial charge in [0.1, 0.15) is 0 Å². The molecular formula is C11H17ClN2O2S. The zero-order chi connectivity index (χ0) is 11.4. The number of carbonyl (C=O) groups is 1. The first-order chi connectivity index (χ1) is 7.81. The number of hydrogen-bond acceptors (Lipinski definition) is 3. The molecular weight excluding hydrogens is 260 g/mol. The minimum Gasteiger partial charge on any atom is -1.00 e. The third kappa shape index (κ3) is 3.66. The molecule has 4 nitrogen and oxygen atoms in total. The minimum atomic E-state index is 0. The average molecular weight is 277 g/mol. The normalized spacial score (nSPS) is 14.8. The van der Waals surface area contributed by atoms with Crippen molar-refractivity contribution < 1.29 is 26.9 Å². The fraction of sp³-hybridized carbons (Fsp3) is 0.636. The van der Waals surface area contributed by atoms with Gasteiger partial charge in [0.05, 0.1) is 18.4 Å². The minimum absolute atomic E-state index is 0. The molecule has 0 aromatic carbocycles. The number of nitrogens with zero attached hydrogens (tertiary/aromatic N) is 2. The topological polar surface area (TPSA) is 44.4 Å². The molecule has 1 aromatic rings. The summed E-state index contributed by atoms with van der Waals surface area (Å²) in [5.41, 5.74) is 0. The fourth-order valence-corrected chi connectivity index (χ4v) is 2.82. The van der Waals surface area contributed by atoms with Gasteiger partial charge < -0.3 is 22.4 Å². The SMILES string of the molecule is O=C(C[n+]1ccsc1CCO)N1CCCC1.[Cl-]. The first kappa shape index (κ1) is 14.4. The highest BCUT2D eigenvalue weighted by atomic mass is 35.5. The van der Waals surface area contributed by atoms with Crippen LogP contribution >= 0.6 is 11.3 Å². The van der Waals surface area contributed by atoms with Crippen molar-refractivity contribution in [3.8, 4) is 0 Å². The van der Waals surface area contributed by atoms with Crippen molar-refractivity contribution in [3.05, 3.63) is 16.6 Å². The van der Waals surface area contributed by atoms with Gasteiger partial charge in [0.15, 0.2) is 6.20 Å². The van der Waals surface area contributed by atoms with Crippen LogP contribution in [0.3, 0.4) is 0 Å². The highest BCUT2D eigenvalue weighted by molar-refractivity contribution is 7.09. The van der Waals surface area contributed by atoms with Crippen molar-refractivity contribution in [3.63, 3.8) is 0 Å². The Bertz CT molecular complexity index is 364. The zero-order valence-corrected chi connectivity index (χ0v) is 11.2. The van der Waals surface area contributed by atoms with Crippen LogP contribution < -0.4 is 17.0 Å². The summed E-state index contributed by atoms with van der Waals surface area (Å²) in [5.74, 6) is 0.195.